The predicted octanol–water partition coefficient (Wildman–Crippen LogP) is 5.14. The summed E-state index contributed by atoms with van der Waals surface area (Å²) in [5.41, 5.74) is 2.86. The van der Waals surface area contributed by atoms with Crippen molar-refractivity contribution in [3.05, 3.63) is 77.0 Å². The Labute approximate surface area is 139 Å². The third-order valence-electron chi connectivity index (χ3n) is 4.39. The molecule has 0 saturated carbocycles. The minimum Gasteiger partial charge on any atom is -0.507 e. The molecule has 0 amide bonds. The molecule has 3 heteroatoms. The Bertz CT molecular complexity index is 1090. The minimum atomic E-state index is -0.0964. The van der Waals surface area contributed by atoms with Crippen LogP contribution in [-0.2, 0) is 0 Å². The van der Waals surface area contributed by atoms with Gasteiger partial charge in [0.25, 0.3) is 0 Å². The Morgan fingerprint density at radius 1 is 0.917 bits per heavy atom. The lowest BCUT2D eigenvalue weighted by Crippen LogP contribution is -2.02. The number of fused-ring (bicyclic) bond motifs is 3. The molecule has 4 aromatic rings. The molecule has 3 nitrogen and oxygen atoms in total. The van der Waals surface area contributed by atoms with E-state index in [0.29, 0.717) is 33.2 Å². The third kappa shape index (κ3) is 2.09. The number of rotatable bonds is 2. The Morgan fingerprint density at radius 3 is 2.29 bits per heavy atom. The molecular formula is C21H16O3. The molecule has 0 aliphatic heterocycles. The van der Waals surface area contributed by atoms with Crippen LogP contribution < -0.4 is 0 Å². The standard InChI is InChI=1S/C21H16O3/c1-12-7-9-14(10-8-12)20(23)19-13(2)24-21-16-6-4-3-5-15(16)18(22)11-17(19)21/h3-11,22H,1-2H3. The SMILES string of the molecule is Cc1ccc(C(=O)c2c(C)oc3c2cc(O)c2ccccc23)cc1. The molecule has 0 aliphatic rings. The highest BCUT2D eigenvalue weighted by Crippen LogP contribution is 2.37. The molecule has 4 rings (SSSR count). The normalized spacial score (nSPS) is 11.2. The lowest BCUT2D eigenvalue weighted by atomic mass is 9.98. The first-order valence-electron chi connectivity index (χ1n) is 7.81. The maximum atomic E-state index is 13.0. The summed E-state index contributed by atoms with van der Waals surface area (Å²) in [5, 5.41) is 12.5. The van der Waals surface area contributed by atoms with Gasteiger partial charge >= 0.3 is 0 Å². The zero-order chi connectivity index (χ0) is 16.8. The van der Waals surface area contributed by atoms with Crippen molar-refractivity contribution in [2.45, 2.75) is 13.8 Å². The monoisotopic (exact) mass is 316 g/mol. The van der Waals surface area contributed by atoms with Gasteiger partial charge < -0.3 is 9.52 Å². The summed E-state index contributed by atoms with van der Waals surface area (Å²) in [4.78, 5) is 13.0. The molecule has 24 heavy (non-hydrogen) atoms. The molecule has 1 heterocycles. The summed E-state index contributed by atoms with van der Waals surface area (Å²) >= 11 is 0. The molecular weight excluding hydrogens is 300 g/mol. The van der Waals surface area contributed by atoms with Gasteiger partial charge in [0.2, 0.25) is 0 Å². The van der Waals surface area contributed by atoms with E-state index in [1.807, 2.05) is 55.5 Å². The van der Waals surface area contributed by atoms with Crippen molar-refractivity contribution < 1.29 is 14.3 Å². The third-order valence-corrected chi connectivity index (χ3v) is 4.39. The molecule has 0 saturated heterocycles. The van der Waals surface area contributed by atoms with Gasteiger partial charge in [0, 0.05) is 21.7 Å². The molecule has 0 atom stereocenters. The molecule has 0 unspecified atom stereocenters. The van der Waals surface area contributed by atoms with Gasteiger partial charge in [0.05, 0.1) is 5.56 Å². The number of aromatic hydroxyl groups is 1. The first-order chi connectivity index (χ1) is 11.6. The maximum absolute atomic E-state index is 13.0. The van der Waals surface area contributed by atoms with Crippen molar-refractivity contribution in [1.29, 1.82) is 0 Å². The van der Waals surface area contributed by atoms with E-state index >= 15 is 0 Å². The highest BCUT2D eigenvalue weighted by atomic mass is 16.3. The van der Waals surface area contributed by atoms with E-state index < -0.39 is 0 Å². The van der Waals surface area contributed by atoms with Crippen molar-refractivity contribution in [1.82, 2.24) is 0 Å². The first kappa shape index (κ1) is 14.5. The summed E-state index contributed by atoms with van der Waals surface area (Å²) < 4.78 is 5.90. The van der Waals surface area contributed by atoms with Gasteiger partial charge in [0.15, 0.2) is 5.78 Å². The van der Waals surface area contributed by atoms with Crippen molar-refractivity contribution in [2.24, 2.45) is 0 Å². The minimum absolute atomic E-state index is 0.0964. The molecule has 0 fully saturated rings. The van der Waals surface area contributed by atoms with Gasteiger partial charge in [-0.2, -0.15) is 0 Å². The van der Waals surface area contributed by atoms with Gasteiger partial charge in [-0.3, -0.25) is 4.79 Å². The quantitative estimate of drug-likeness (QED) is 0.521. The molecule has 3 aromatic carbocycles. The van der Waals surface area contributed by atoms with E-state index in [1.54, 1.807) is 13.0 Å². The topological polar surface area (TPSA) is 50.4 Å². The van der Waals surface area contributed by atoms with Gasteiger partial charge in [-0.05, 0) is 19.9 Å². The van der Waals surface area contributed by atoms with E-state index in [4.69, 9.17) is 4.42 Å². The summed E-state index contributed by atoms with van der Waals surface area (Å²) in [7, 11) is 0. The first-order valence-corrected chi connectivity index (χ1v) is 7.81. The number of hydrogen-bond donors (Lipinski definition) is 1. The highest BCUT2D eigenvalue weighted by molar-refractivity contribution is 6.20. The molecule has 0 spiro atoms. The molecule has 0 bridgehead atoms. The summed E-state index contributed by atoms with van der Waals surface area (Å²) in [5.74, 6) is 0.615. The molecule has 1 aromatic heterocycles. The van der Waals surface area contributed by atoms with Crippen LogP contribution in [0.5, 0.6) is 5.75 Å². The average molecular weight is 316 g/mol. The Morgan fingerprint density at radius 2 is 1.58 bits per heavy atom. The zero-order valence-electron chi connectivity index (χ0n) is 13.5. The van der Waals surface area contributed by atoms with Crippen LogP contribution in [0, 0.1) is 13.8 Å². The zero-order valence-corrected chi connectivity index (χ0v) is 13.5. The van der Waals surface area contributed by atoms with E-state index in [-0.39, 0.29) is 11.5 Å². The average Bonchev–Trinajstić information content (AvgIpc) is 2.91. The summed E-state index contributed by atoms with van der Waals surface area (Å²) in [6, 6.07) is 16.6. The molecule has 0 radical (unpaired) electrons. The molecule has 118 valence electrons. The highest BCUT2D eigenvalue weighted by Gasteiger charge is 2.22. The van der Waals surface area contributed by atoms with Crippen LogP contribution in [-0.4, -0.2) is 10.9 Å². The van der Waals surface area contributed by atoms with Crippen LogP contribution in [0.25, 0.3) is 21.7 Å². The predicted molar refractivity (Wildman–Crippen MR) is 94.7 cm³/mol. The van der Waals surface area contributed by atoms with Crippen LogP contribution in [0.2, 0.25) is 0 Å². The fourth-order valence-electron chi connectivity index (χ4n) is 3.15. The number of hydrogen-bond acceptors (Lipinski definition) is 3. The number of aryl methyl sites for hydroxylation is 2. The van der Waals surface area contributed by atoms with Crippen molar-refractivity contribution >= 4 is 27.5 Å². The second-order valence-electron chi connectivity index (χ2n) is 6.05. The van der Waals surface area contributed by atoms with Crippen LogP contribution >= 0.6 is 0 Å². The van der Waals surface area contributed by atoms with Crippen LogP contribution in [0.4, 0.5) is 0 Å². The number of ketones is 1. The maximum Gasteiger partial charge on any atom is 0.197 e. The molecule has 0 aliphatic carbocycles. The Kier molecular flexibility index (Phi) is 3.17. The Balaban J connectivity index is 2.01. The summed E-state index contributed by atoms with van der Waals surface area (Å²) in [6.07, 6.45) is 0. The number of phenols is 1. The second kappa shape index (κ2) is 5.24. The number of benzene rings is 3. The van der Waals surface area contributed by atoms with Crippen molar-refractivity contribution in [3.8, 4) is 5.75 Å². The van der Waals surface area contributed by atoms with Crippen LogP contribution in [0.15, 0.2) is 59.0 Å². The van der Waals surface area contributed by atoms with Gasteiger partial charge in [-0.1, -0.05) is 54.1 Å². The fraction of sp³-hybridized carbons (Fsp3) is 0.0952. The lowest BCUT2D eigenvalue weighted by molar-refractivity contribution is 0.103. The lowest BCUT2D eigenvalue weighted by Gasteiger charge is -2.04. The number of carbonyl (C=O) groups is 1. The van der Waals surface area contributed by atoms with E-state index in [2.05, 4.69) is 0 Å². The number of furan rings is 1. The van der Waals surface area contributed by atoms with Gasteiger partial charge in [-0.25, -0.2) is 0 Å². The van der Waals surface area contributed by atoms with E-state index in [9.17, 15) is 9.90 Å². The largest absolute Gasteiger partial charge is 0.507 e. The fourth-order valence-corrected chi connectivity index (χ4v) is 3.15. The van der Waals surface area contributed by atoms with Crippen LogP contribution in [0.3, 0.4) is 0 Å². The van der Waals surface area contributed by atoms with Gasteiger partial charge in [-0.15, -0.1) is 0 Å². The number of phenolic OH excluding ortho intramolecular Hbond substituents is 1. The smallest absolute Gasteiger partial charge is 0.197 e. The van der Waals surface area contributed by atoms with E-state index in [1.165, 1.54) is 0 Å². The van der Waals surface area contributed by atoms with E-state index in [0.717, 1.165) is 10.9 Å². The summed E-state index contributed by atoms with van der Waals surface area (Å²) in [6.45, 7) is 3.77. The Hall–Kier alpha value is -3.07. The van der Waals surface area contributed by atoms with Crippen molar-refractivity contribution in [2.75, 3.05) is 0 Å². The van der Waals surface area contributed by atoms with Crippen molar-refractivity contribution in [3.63, 3.8) is 0 Å². The second-order valence-corrected chi connectivity index (χ2v) is 6.05. The molecule has 1 N–H and O–H groups in total. The van der Waals surface area contributed by atoms with Crippen LogP contribution in [0.1, 0.15) is 27.2 Å². The van der Waals surface area contributed by atoms with Gasteiger partial charge in [0.1, 0.15) is 17.1 Å². The number of carbonyl (C=O) groups excluding carboxylic acids is 1.